The molecule has 5 heteroatoms. The summed E-state index contributed by atoms with van der Waals surface area (Å²) in [7, 11) is 1.92. The molecule has 5 nitrogen and oxygen atoms in total. The van der Waals surface area contributed by atoms with Gasteiger partial charge in [0.1, 0.15) is 5.56 Å². The van der Waals surface area contributed by atoms with Gasteiger partial charge < -0.3 is 15.2 Å². The summed E-state index contributed by atoms with van der Waals surface area (Å²) in [5, 5.41) is 4.08. The predicted molar refractivity (Wildman–Crippen MR) is 87.2 cm³/mol. The van der Waals surface area contributed by atoms with E-state index in [-0.39, 0.29) is 17.0 Å². The molecule has 0 bridgehead atoms. The third-order valence-corrected chi connectivity index (χ3v) is 4.46. The van der Waals surface area contributed by atoms with Crippen LogP contribution in [0.4, 0.5) is 0 Å². The molecule has 116 valence electrons. The van der Waals surface area contributed by atoms with Crippen molar-refractivity contribution in [2.75, 3.05) is 26.7 Å². The number of likely N-dealkylation sites (tertiary alicyclic amines) is 1. The van der Waals surface area contributed by atoms with E-state index in [9.17, 15) is 9.59 Å². The van der Waals surface area contributed by atoms with Gasteiger partial charge in [0.25, 0.3) is 11.5 Å². The number of H-pyrrole nitrogens is 1. The lowest BCUT2D eigenvalue weighted by Crippen LogP contribution is -2.34. The van der Waals surface area contributed by atoms with Crippen LogP contribution in [-0.2, 0) is 0 Å². The molecule has 1 unspecified atom stereocenters. The van der Waals surface area contributed by atoms with Crippen molar-refractivity contribution in [2.45, 2.75) is 13.3 Å². The number of hydrogen-bond acceptors (Lipinski definition) is 3. The van der Waals surface area contributed by atoms with Crippen LogP contribution >= 0.6 is 0 Å². The Morgan fingerprint density at radius 3 is 2.95 bits per heavy atom. The molecule has 0 aliphatic carbocycles. The van der Waals surface area contributed by atoms with Gasteiger partial charge in [0, 0.05) is 24.0 Å². The number of pyridine rings is 1. The quantitative estimate of drug-likeness (QED) is 0.903. The Bertz CT molecular complexity index is 766. The molecule has 2 N–H and O–H groups in total. The summed E-state index contributed by atoms with van der Waals surface area (Å²) < 4.78 is 0. The number of aryl methyl sites for hydroxylation is 1. The van der Waals surface area contributed by atoms with Crippen molar-refractivity contribution in [1.29, 1.82) is 0 Å². The fourth-order valence-electron chi connectivity index (χ4n) is 3.30. The maximum atomic E-state index is 12.8. The first-order valence-electron chi connectivity index (χ1n) is 7.67. The number of nitrogens with one attached hydrogen (secondary N) is 2. The van der Waals surface area contributed by atoms with Gasteiger partial charge in [-0.1, -0.05) is 18.2 Å². The average Bonchev–Trinajstić information content (AvgIpc) is 2.96. The van der Waals surface area contributed by atoms with Gasteiger partial charge in [0.2, 0.25) is 0 Å². The Morgan fingerprint density at radius 1 is 1.41 bits per heavy atom. The van der Waals surface area contributed by atoms with E-state index < -0.39 is 0 Å². The van der Waals surface area contributed by atoms with Gasteiger partial charge in [-0.2, -0.15) is 0 Å². The number of nitrogens with zero attached hydrogens (tertiary/aromatic N) is 1. The molecule has 1 aliphatic rings. The third-order valence-electron chi connectivity index (χ3n) is 4.46. The number of carbonyl (C=O) groups is 1. The van der Waals surface area contributed by atoms with E-state index in [0.717, 1.165) is 36.0 Å². The number of aromatic amines is 1. The maximum Gasteiger partial charge on any atom is 0.261 e. The summed E-state index contributed by atoms with van der Waals surface area (Å²) in [6, 6.07) is 7.59. The van der Waals surface area contributed by atoms with Crippen molar-refractivity contribution in [3.05, 3.63) is 45.7 Å². The summed E-state index contributed by atoms with van der Waals surface area (Å²) in [4.78, 5) is 29.7. The van der Waals surface area contributed by atoms with Crippen molar-refractivity contribution in [3.8, 4) is 0 Å². The van der Waals surface area contributed by atoms with Gasteiger partial charge in [-0.3, -0.25) is 9.59 Å². The van der Waals surface area contributed by atoms with Gasteiger partial charge in [-0.05, 0) is 44.5 Å². The average molecular weight is 299 g/mol. The molecule has 3 rings (SSSR count). The first kappa shape index (κ1) is 14.8. The normalized spacial score (nSPS) is 18.1. The minimum Gasteiger partial charge on any atom is -0.338 e. The molecule has 1 fully saturated rings. The molecule has 0 spiro atoms. The van der Waals surface area contributed by atoms with Crippen molar-refractivity contribution >= 4 is 16.8 Å². The first-order chi connectivity index (χ1) is 10.6. The summed E-state index contributed by atoms with van der Waals surface area (Å²) in [6.45, 7) is 4.19. The zero-order chi connectivity index (χ0) is 15.7. The lowest BCUT2D eigenvalue weighted by atomic mass is 10.0. The smallest absolute Gasteiger partial charge is 0.261 e. The fourth-order valence-corrected chi connectivity index (χ4v) is 3.30. The fraction of sp³-hybridized carbons (Fsp3) is 0.412. The van der Waals surface area contributed by atoms with Gasteiger partial charge in [0.15, 0.2) is 0 Å². The predicted octanol–water partition coefficient (Wildman–Crippen LogP) is 1.52. The number of aromatic nitrogens is 1. The Balaban J connectivity index is 1.96. The molecule has 1 atom stereocenters. The topological polar surface area (TPSA) is 65.2 Å². The van der Waals surface area contributed by atoms with Crippen LogP contribution in [0.3, 0.4) is 0 Å². The minimum atomic E-state index is -0.293. The van der Waals surface area contributed by atoms with Crippen LogP contribution in [0.5, 0.6) is 0 Å². The van der Waals surface area contributed by atoms with E-state index in [1.165, 1.54) is 0 Å². The molecular formula is C17H21N3O2. The highest BCUT2D eigenvalue weighted by Crippen LogP contribution is 2.21. The lowest BCUT2D eigenvalue weighted by Gasteiger charge is -2.18. The van der Waals surface area contributed by atoms with Crippen LogP contribution in [0.15, 0.2) is 29.1 Å². The number of fused-ring (bicyclic) bond motifs is 1. The van der Waals surface area contributed by atoms with E-state index in [4.69, 9.17) is 0 Å². The highest BCUT2D eigenvalue weighted by molar-refractivity contribution is 6.00. The molecule has 22 heavy (non-hydrogen) atoms. The van der Waals surface area contributed by atoms with Crippen LogP contribution in [-0.4, -0.2) is 42.5 Å². The Labute approximate surface area is 129 Å². The first-order valence-corrected chi connectivity index (χ1v) is 7.67. The summed E-state index contributed by atoms with van der Waals surface area (Å²) in [5.41, 5.74) is 1.53. The molecule has 2 heterocycles. The maximum absolute atomic E-state index is 12.8. The molecule has 0 radical (unpaired) electrons. The van der Waals surface area contributed by atoms with Crippen molar-refractivity contribution in [2.24, 2.45) is 5.92 Å². The van der Waals surface area contributed by atoms with Crippen LogP contribution in [0.2, 0.25) is 0 Å². The number of para-hydroxylation sites is 1. The second-order valence-electron chi connectivity index (χ2n) is 5.96. The molecule has 1 saturated heterocycles. The van der Waals surface area contributed by atoms with Crippen molar-refractivity contribution in [1.82, 2.24) is 15.2 Å². The number of carbonyl (C=O) groups excluding carboxylic acids is 1. The molecule has 1 aromatic carbocycles. The standard InChI is InChI=1S/C17H21N3O2/c1-11-13-5-3-4-6-14(13)19-16(21)15(11)17(22)20-8-7-12(10-20)9-18-2/h3-6,12,18H,7-10H2,1-2H3,(H,19,21). The molecular weight excluding hydrogens is 278 g/mol. The number of benzene rings is 1. The summed E-state index contributed by atoms with van der Waals surface area (Å²) in [5.74, 6) is 0.317. The Kier molecular flexibility index (Phi) is 3.98. The van der Waals surface area contributed by atoms with Gasteiger partial charge >= 0.3 is 0 Å². The molecule has 1 aliphatic heterocycles. The van der Waals surface area contributed by atoms with E-state index in [2.05, 4.69) is 10.3 Å². The van der Waals surface area contributed by atoms with Crippen LogP contribution in [0.1, 0.15) is 22.3 Å². The van der Waals surface area contributed by atoms with Crippen molar-refractivity contribution in [3.63, 3.8) is 0 Å². The number of hydrogen-bond donors (Lipinski definition) is 2. The van der Waals surface area contributed by atoms with E-state index in [1.807, 2.05) is 38.2 Å². The third kappa shape index (κ3) is 2.52. The van der Waals surface area contributed by atoms with E-state index in [1.54, 1.807) is 4.90 Å². The second kappa shape index (κ2) is 5.93. The molecule has 1 amide bonds. The van der Waals surface area contributed by atoms with Gasteiger partial charge in [-0.25, -0.2) is 0 Å². The number of amides is 1. The summed E-state index contributed by atoms with van der Waals surface area (Å²) in [6.07, 6.45) is 0.983. The van der Waals surface area contributed by atoms with E-state index >= 15 is 0 Å². The zero-order valence-corrected chi connectivity index (χ0v) is 13.0. The monoisotopic (exact) mass is 299 g/mol. The van der Waals surface area contributed by atoms with Crippen LogP contribution in [0, 0.1) is 12.8 Å². The van der Waals surface area contributed by atoms with Gasteiger partial charge in [0.05, 0.1) is 0 Å². The molecule has 1 aromatic heterocycles. The van der Waals surface area contributed by atoms with Crippen LogP contribution in [0.25, 0.3) is 10.9 Å². The van der Waals surface area contributed by atoms with Crippen molar-refractivity contribution < 1.29 is 4.79 Å². The SMILES string of the molecule is CNCC1CCN(C(=O)c2c(C)c3ccccc3[nH]c2=O)C1. The minimum absolute atomic E-state index is 0.150. The van der Waals surface area contributed by atoms with Gasteiger partial charge in [-0.15, -0.1) is 0 Å². The second-order valence-corrected chi connectivity index (χ2v) is 5.96. The molecule has 0 saturated carbocycles. The van der Waals surface area contributed by atoms with E-state index in [0.29, 0.717) is 12.5 Å². The highest BCUT2D eigenvalue weighted by atomic mass is 16.2. The summed E-state index contributed by atoms with van der Waals surface area (Å²) >= 11 is 0. The number of rotatable bonds is 3. The Hall–Kier alpha value is -2.14. The zero-order valence-electron chi connectivity index (χ0n) is 13.0. The van der Waals surface area contributed by atoms with Crippen LogP contribution < -0.4 is 10.9 Å². The highest BCUT2D eigenvalue weighted by Gasteiger charge is 2.29. The lowest BCUT2D eigenvalue weighted by molar-refractivity contribution is 0.0785. The Morgan fingerprint density at radius 2 is 2.18 bits per heavy atom. The largest absolute Gasteiger partial charge is 0.338 e. The molecule has 2 aromatic rings.